The van der Waals surface area contributed by atoms with E-state index < -0.39 is 20.0 Å². The van der Waals surface area contributed by atoms with E-state index >= 15 is 0 Å². The van der Waals surface area contributed by atoms with E-state index in [0.29, 0.717) is 13.0 Å². The van der Waals surface area contributed by atoms with E-state index in [1.54, 1.807) is 35.9 Å². The summed E-state index contributed by atoms with van der Waals surface area (Å²) in [6, 6.07) is 8.98. The molecule has 1 fully saturated rings. The lowest BCUT2D eigenvalue weighted by Gasteiger charge is -2.21. The molecular weight excluding hydrogens is 376 g/mol. The molecule has 2 aromatic rings. The first-order valence-corrected chi connectivity index (χ1v) is 11.3. The summed E-state index contributed by atoms with van der Waals surface area (Å²) >= 11 is 0. The highest BCUT2D eigenvalue weighted by atomic mass is 32.2. The van der Waals surface area contributed by atoms with Gasteiger partial charge in [-0.3, -0.25) is 0 Å². The predicted molar refractivity (Wildman–Crippen MR) is 97.2 cm³/mol. The van der Waals surface area contributed by atoms with Crippen LogP contribution in [-0.2, 0) is 32.8 Å². The second-order valence-corrected chi connectivity index (χ2v) is 10.1. The van der Waals surface area contributed by atoms with Crippen LogP contribution in [0, 0.1) is 0 Å². The van der Waals surface area contributed by atoms with Crippen LogP contribution in [0.15, 0.2) is 47.9 Å². The third-order valence-corrected chi connectivity index (χ3v) is 7.92. The molecule has 1 aromatic heterocycles. The first-order valence-electron chi connectivity index (χ1n) is 8.29. The molecule has 2 heterocycles. The second-order valence-electron chi connectivity index (χ2n) is 6.28. The van der Waals surface area contributed by atoms with Gasteiger partial charge in [-0.25, -0.2) is 26.1 Å². The highest BCUT2D eigenvalue weighted by Crippen LogP contribution is 2.18. The molecule has 0 saturated carbocycles. The largest absolute Gasteiger partial charge is 0.339 e. The summed E-state index contributed by atoms with van der Waals surface area (Å²) in [4.78, 5) is 3.92. The maximum atomic E-state index is 12.7. The van der Waals surface area contributed by atoms with Gasteiger partial charge in [-0.15, -0.1) is 0 Å². The SMILES string of the molecule is Cn1cnc(S(=O)(=O)N2CCCN(S(=O)(=O)Cc3ccccc3)CC2)c1. The number of benzene rings is 1. The Kier molecular flexibility index (Phi) is 5.47. The Morgan fingerprint density at radius 3 is 2.27 bits per heavy atom. The maximum absolute atomic E-state index is 12.7. The molecule has 10 heteroatoms. The molecule has 0 aliphatic carbocycles. The minimum absolute atomic E-state index is 0.0133. The van der Waals surface area contributed by atoms with Crippen molar-refractivity contribution in [3.05, 3.63) is 48.4 Å². The van der Waals surface area contributed by atoms with Crippen LogP contribution in [0.4, 0.5) is 0 Å². The van der Waals surface area contributed by atoms with E-state index in [1.165, 1.54) is 21.1 Å². The van der Waals surface area contributed by atoms with Gasteiger partial charge >= 0.3 is 0 Å². The maximum Gasteiger partial charge on any atom is 0.262 e. The van der Waals surface area contributed by atoms with Crippen molar-refractivity contribution < 1.29 is 16.8 Å². The molecule has 1 aliphatic rings. The zero-order chi connectivity index (χ0) is 18.8. The van der Waals surface area contributed by atoms with Crippen molar-refractivity contribution >= 4 is 20.0 Å². The zero-order valence-corrected chi connectivity index (χ0v) is 16.2. The van der Waals surface area contributed by atoms with E-state index in [9.17, 15) is 16.8 Å². The Bertz CT molecular complexity index is 955. The van der Waals surface area contributed by atoms with E-state index in [-0.39, 0.29) is 30.4 Å². The lowest BCUT2D eigenvalue weighted by atomic mass is 10.2. The zero-order valence-electron chi connectivity index (χ0n) is 14.5. The summed E-state index contributed by atoms with van der Waals surface area (Å²) in [5, 5.41) is -0.0133. The molecule has 26 heavy (non-hydrogen) atoms. The number of rotatable bonds is 5. The van der Waals surface area contributed by atoms with Crippen molar-refractivity contribution in [2.45, 2.75) is 17.2 Å². The summed E-state index contributed by atoms with van der Waals surface area (Å²) in [7, 11) is -5.51. The van der Waals surface area contributed by atoms with Crippen LogP contribution in [0.5, 0.6) is 0 Å². The fraction of sp³-hybridized carbons (Fsp3) is 0.438. The van der Waals surface area contributed by atoms with Crippen molar-refractivity contribution in [3.8, 4) is 0 Å². The van der Waals surface area contributed by atoms with Gasteiger partial charge in [0.25, 0.3) is 10.0 Å². The number of hydrogen-bond acceptors (Lipinski definition) is 5. The molecule has 8 nitrogen and oxygen atoms in total. The van der Waals surface area contributed by atoms with Crippen LogP contribution in [0.3, 0.4) is 0 Å². The van der Waals surface area contributed by atoms with Crippen LogP contribution in [-0.4, -0.2) is 61.2 Å². The average Bonchev–Trinajstić information content (AvgIpc) is 2.88. The van der Waals surface area contributed by atoms with Gasteiger partial charge < -0.3 is 4.57 Å². The first kappa shape index (κ1) is 19.0. The lowest BCUT2D eigenvalue weighted by Crippen LogP contribution is -2.37. The fourth-order valence-electron chi connectivity index (χ4n) is 2.92. The smallest absolute Gasteiger partial charge is 0.262 e. The van der Waals surface area contributed by atoms with Gasteiger partial charge in [0, 0.05) is 39.4 Å². The molecule has 1 saturated heterocycles. The van der Waals surface area contributed by atoms with Crippen LogP contribution >= 0.6 is 0 Å². The highest BCUT2D eigenvalue weighted by molar-refractivity contribution is 7.89. The van der Waals surface area contributed by atoms with E-state index in [4.69, 9.17) is 0 Å². The summed E-state index contributed by atoms with van der Waals surface area (Å²) in [6.07, 6.45) is 3.32. The number of aryl methyl sites for hydroxylation is 1. The molecule has 0 spiro atoms. The molecule has 0 radical (unpaired) electrons. The summed E-state index contributed by atoms with van der Waals surface area (Å²) in [5.74, 6) is -0.0825. The van der Waals surface area contributed by atoms with E-state index in [2.05, 4.69) is 4.98 Å². The Balaban J connectivity index is 1.72. The number of sulfonamides is 2. The monoisotopic (exact) mass is 398 g/mol. The molecule has 1 aliphatic heterocycles. The van der Waals surface area contributed by atoms with E-state index in [0.717, 1.165) is 5.56 Å². The van der Waals surface area contributed by atoms with Gasteiger partial charge in [-0.2, -0.15) is 4.31 Å². The fourth-order valence-corrected chi connectivity index (χ4v) is 5.92. The van der Waals surface area contributed by atoms with Gasteiger partial charge in [0.2, 0.25) is 10.0 Å². The Hall–Kier alpha value is -1.75. The van der Waals surface area contributed by atoms with Crippen LogP contribution < -0.4 is 0 Å². The van der Waals surface area contributed by atoms with Gasteiger partial charge in [-0.05, 0) is 12.0 Å². The van der Waals surface area contributed by atoms with Crippen LogP contribution in [0.1, 0.15) is 12.0 Å². The molecule has 0 bridgehead atoms. The minimum atomic E-state index is -3.71. The van der Waals surface area contributed by atoms with Crippen LogP contribution in [0.2, 0.25) is 0 Å². The van der Waals surface area contributed by atoms with Crippen LogP contribution in [0.25, 0.3) is 0 Å². The molecular formula is C16H22N4O4S2. The highest BCUT2D eigenvalue weighted by Gasteiger charge is 2.32. The molecule has 0 N–H and O–H groups in total. The lowest BCUT2D eigenvalue weighted by molar-refractivity contribution is 0.403. The number of hydrogen-bond donors (Lipinski definition) is 0. The molecule has 0 atom stereocenters. The topological polar surface area (TPSA) is 92.6 Å². The third-order valence-electron chi connectivity index (χ3n) is 4.28. The van der Waals surface area contributed by atoms with E-state index in [1.807, 2.05) is 6.07 Å². The number of aromatic nitrogens is 2. The summed E-state index contributed by atoms with van der Waals surface area (Å²) in [5.41, 5.74) is 0.717. The first-order chi connectivity index (χ1) is 12.3. The van der Waals surface area contributed by atoms with Crippen molar-refractivity contribution in [3.63, 3.8) is 0 Å². The van der Waals surface area contributed by atoms with Gasteiger partial charge in [0.1, 0.15) is 0 Å². The van der Waals surface area contributed by atoms with Gasteiger partial charge in [0.15, 0.2) is 5.03 Å². The van der Waals surface area contributed by atoms with Gasteiger partial charge in [0.05, 0.1) is 12.1 Å². The quantitative estimate of drug-likeness (QED) is 0.737. The van der Waals surface area contributed by atoms with Crippen molar-refractivity contribution in [2.24, 2.45) is 7.05 Å². The molecule has 0 unspecified atom stereocenters. The summed E-state index contributed by atoms with van der Waals surface area (Å²) in [6.45, 7) is 0.841. The summed E-state index contributed by atoms with van der Waals surface area (Å²) < 4.78 is 55.0. The third kappa shape index (κ3) is 4.14. The number of imidazole rings is 1. The standard InChI is InChI=1S/C16H22N4O4S2/c1-18-12-16(17-14-18)26(23,24)20-9-5-8-19(10-11-20)25(21,22)13-15-6-3-2-4-7-15/h2-4,6-7,12,14H,5,8-11,13H2,1H3. The number of nitrogens with zero attached hydrogens (tertiary/aromatic N) is 4. The normalized spacial score (nSPS) is 17.9. The molecule has 142 valence electrons. The van der Waals surface area contributed by atoms with Crippen molar-refractivity contribution in [1.29, 1.82) is 0 Å². The van der Waals surface area contributed by atoms with Crippen molar-refractivity contribution in [2.75, 3.05) is 26.2 Å². The second kappa shape index (κ2) is 7.47. The molecule has 1 aromatic carbocycles. The van der Waals surface area contributed by atoms with Crippen molar-refractivity contribution in [1.82, 2.24) is 18.2 Å². The molecule has 3 rings (SSSR count). The van der Waals surface area contributed by atoms with Gasteiger partial charge in [-0.1, -0.05) is 30.3 Å². The Morgan fingerprint density at radius 1 is 0.962 bits per heavy atom. The molecule has 0 amide bonds. The Morgan fingerprint density at radius 2 is 1.62 bits per heavy atom. The average molecular weight is 399 g/mol. The predicted octanol–water partition coefficient (Wildman–Crippen LogP) is 0.647. The Labute approximate surface area is 154 Å². The minimum Gasteiger partial charge on any atom is -0.339 e.